The third kappa shape index (κ3) is 3.36. The first-order valence-electron chi connectivity index (χ1n) is 6.98. The summed E-state index contributed by atoms with van der Waals surface area (Å²) in [5.74, 6) is 1.99. The monoisotopic (exact) mass is 273 g/mol. The van der Waals surface area contributed by atoms with Gasteiger partial charge >= 0.3 is 0 Å². The Bertz CT molecular complexity index is 531. The van der Waals surface area contributed by atoms with Crippen molar-refractivity contribution in [2.75, 3.05) is 18.5 Å². The fourth-order valence-electron chi connectivity index (χ4n) is 2.15. The predicted octanol–water partition coefficient (Wildman–Crippen LogP) is 2.12. The smallest absolute Gasteiger partial charge is 0.128 e. The third-order valence-electron chi connectivity index (χ3n) is 3.47. The minimum atomic E-state index is 0.335. The van der Waals surface area contributed by atoms with Crippen molar-refractivity contribution in [1.29, 1.82) is 0 Å². The third-order valence-corrected chi connectivity index (χ3v) is 3.47. The number of nitrogens with zero attached hydrogens (tertiary/aromatic N) is 4. The highest BCUT2D eigenvalue weighted by atomic mass is 15.2. The van der Waals surface area contributed by atoms with E-state index in [0.29, 0.717) is 6.04 Å². The average molecular weight is 273 g/mol. The van der Waals surface area contributed by atoms with E-state index in [0.717, 1.165) is 24.7 Å². The second kappa shape index (κ2) is 6.52. The Kier molecular flexibility index (Phi) is 4.74. The van der Waals surface area contributed by atoms with Gasteiger partial charge in [-0.15, -0.1) is 0 Å². The van der Waals surface area contributed by atoms with Crippen molar-refractivity contribution in [3.8, 4) is 0 Å². The number of imidazole rings is 1. The van der Waals surface area contributed by atoms with Gasteiger partial charge in [-0.3, -0.25) is 0 Å². The van der Waals surface area contributed by atoms with Gasteiger partial charge in [0.05, 0.1) is 6.54 Å². The van der Waals surface area contributed by atoms with E-state index in [-0.39, 0.29) is 0 Å². The molecule has 5 heteroatoms. The van der Waals surface area contributed by atoms with Crippen molar-refractivity contribution in [3.63, 3.8) is 0 Å². The number of hydrogen-bond donors (Lipinski definition) is 1. The van der Waals surface area contributed by atoms with Gasteiger partial charge in [0.1, 0.15) is 11.6 Å². The number of hydrogen-bond acceptors (Lipinski definition) is 4. The summed E-state index contributed by atoms with van der Waals surface area (Å²) in [5.41, 5.74) is 1.21. The zero-order valence-corrected chi connectivity index (χ0v) is 12.7. The Morgan fingerprint density at radius 3 is 2.70 bits per heavy atom. The van der Waals surface area contributed by atoms with E-state index in [1.807, 2.05) is 37.3 Å². The minimum absolute atomic E-state index is 0.335. The van der Waals surface area contributed by atoms with E-state index < -0.39 is 0 Å². The van der Waals surface area contributed by atoms with Crippen LogP contribution in [-0.2, 0) is 13.6 Å². The van der Waals surface area contributed by atoms with Gasteiger partial charge in [0.2, 0.25) is 0 Å². The molecule has 0 aliphatic rings. The Morgan fingerprint density at radius 1 is 1.35 bits per heavy atom. The fourth-order valence-corrected chi connectivity index (χ4v) is 2.15. The molecule has 2 rings (SSSR count). The fraction of sp³-hybridized carbons (Fsp3) is 0.467. The molecule has 0 radical (unpaired) electrons. The largest absolute Gasteiger partial charge is 0.352 e. The zero-order chi connectivity index (χ0) is 14.5. The van der Waals surface area contributed by atoms with Crippen LogP contribution in [0.2, 0.25) is 0 Å². The topological polar surface area (TPSA) is 46.0 Å². The highest BCUT2D eigenvalue weighted by molar-refractivity contribution is 5.39. The molecule has 0 fully saturated rings. The predicted molar refractivity (Wildman–Crippen MR) is 81.6 cm³/mol. The van der Waals surface area contributed by atoms with E-state index in [1.54, 1.807) is 0 Å². The van der Waals surface area contributed by atoms with Gasteiger partial charge in [0, 0.05) is 38.7 Å². The van der Waals surface area contributed by atoms with Crippen molar-refractivity contribution in [2.24, 2.45) is 7.05 Å². The molecule has 2 aromatic heterocycles. The van der Waals surface area contributed by atoms with Crippen LogP contribution in [0.5, 0.6) is 0 Å². The molecule has 0 aromatic carbocycles. The molecular weight excluding hydrogens is 250 g/mol. The van der Waals surface area contributed by atoms with E-state index in [4.69, 9.17) is 0 Å². The van der Waals surface area contributed by atoms with Gasteiger partial charge in [-0.2, -0.15) is 0 Å². The summed E-state index contributed by atoms with van der Waals surface area (Å²) < 4.78 is 2.03. The van der Waals surface area contributed by atoms with Gasteiger partial charge in [-0.05, 0) is 25.1 Å². The molecular formula is C15H23N5. The van der Waals surface area contributed by atoms with E-state index in [2.05, 4.69) is 46.2 Å². The number of aryl methyl sites for hydroxylation is 1. The molecule has 0 saturated carbocycles. The summed E-state index contributed by atoms with van der Waals surface area (Å²) in [5, 5.41) is 3.39. The highest BCUT2D eigenvalue weighted by Crippen LogP contribution is 2.16. The van der Waals surface area contributed by atoms with Gasteiger partial charge in [0.15, 0.2) is 0 Å². The quantitative estimate of drug-likeness (QED) is 0.875. The normalized spacial score (nSPS) is 12.4. The molecule has 5 nitrogen and oxygen atoms in total. The first-order valence-corrected chi connectivity index (χ1v) is 6.98. The standard InChI is InChI=1S/C15H23N5/c1-5-16-12(2)13-6-7-14(18-10-13)20(4)11-15-17-8-9-19(15)3/h6-10,12,16H,5,11H2,1-4H3. The summed E-state index contributed by atoms with van der Waals surface area (Å²) in [7, 11) is 4.04. The van der Waals surface area contributed by atoms with Crippen LogP contribution in [0.4, 0.5) is 5.82 Å². The van der Waals surface area contributed by atoms with E-state index in [1.165, 1.54) is 5.56 Å². The van der Waals surface area contributed by atoms with Crippen LogP contribution in [0.25, 0.3) is 0 Å². The lowest BCUT2D eigenvalue weighted by Crippen LogP contribution is -2.21. The van der Waals surface area contributed by atoms with Gasteiger partial charge < -0.3 is 14.8 Å². The molecule has 0 amide bonds. The summed E-state index contributed by atoms with van der Waals surface area (Å²) >= 11 is 0. The maximum absolute atomic E-state index is 4.54. The maximum atomic E-state index is 4.54. The Balaban J connectivity index is 2.04. The van der Waals surface area contributed by atoms with E-state index >= 15 is 0 Å². The van der Waals surface area contributed by atoms with Crippen molar-refractivity contribution in [1.82, 2.24) is 19.9 Å². The molecule has 0 saturated heterocycles. The SMILES string of the molecule is CCNC(C)c1ccc(N(C)Cc2nccn2C)nc1. The van der Waals surface area contributed by atoms with Crippen LogP contribution in [0.15, 0.2) is 30.7 Å². The summed E-state index contributed by atoms with van der Waals surface area (Å²) in [6.07, 6.45) is 5.72. The lowest BCUT2D eigenvalue weighted by Gasteiger charge is -2.19. The van der Waals surface area contributed by atoms with E-state index in [9.17, 15) is 0 Å². The number of anilines is 1. The number of aromatic nitrogens is 3. The maximum Gasteiger partial charge on any atom is 0.128 e. The summed E-state index contributed by atoms with van der Waals surface area (Å²) in [6.45, 7) is 5.97. The number of rotatable bonds is 6. The lowest BCUT2D eigenvalue weighted by atomic mass is 10.1. The molecule has 0 spiro atoms. The number of nitrogens with one attached hydrogen (secondary N) is 1. The van der Waals surface area contributed by atoms with Crippen LogP contribution in [-0.4, -0.2) is 28.1 Å². The molecule has 1 atom stereocenters. The van der Waals surface area contributed by atoms with Crippen molar-refractivity contribution in [3.05, 3.63) is 42.1 Å². The van der Waals surface area contributed by atoms with Crippen LogP contribution in [0.1, 0.15) is 31.3 Å². The highest BCUT2D eigenvalue weighted by Gasteiger charge is 2.08. The zero-order valence-electron chi connectivity index (χ0n) is 12.7. The van der Waals surface area contributed by atoms with Gasteiger partial charge in [-0.25, -0.2) is 9.97 Å². The molecule has 1 N–H and O–H groups in total. The first kappa shape index (κ1) is 14.5. The van der Waals surface area contributed by atoms with Gasteiger partial charge in [-0.1, -0.05) is 13.0 Å². The molecule has 1 unspecified atom stereocenters. The number of pyridine rings is 1. The Hall–Kier alpha value is -1.88. The van der Waals surface area contributed by atoms with Crippen molar-refractivity contribution >= 4 is 5.82 Å². The summed E-state index contributed by atoms with van der Waals surface area (Å²) in [4.78, 5) is 11.0. The summed E-state index contributed by atoms with van der Waals surface area (Å²) in [6, 6.07) is 4.53. The van der Waals surface area contributed by atoms with Crippen molar-refractivity contribution < 1.29 is 0 Å². The second-order valence-electron chi connectivity index (χ2n) is 5.04. The molecule has 108 valence electrons. The molecule has 20 heavy (non-hydrogen) atoms. The molecule has 2 aromatic rings. The second-order valence-corrected chi connectivity index (χ2v) is 5.04. The first-order chi connectivity index (χ1) is 9.61. The average Bonchev–Trinajstić information content (AvgIpc) is 2.85. The molecule has 2 heterocycles. The van der Waals surface area contributed by atoms with Gasteiger partial charge in [0.25, 0.3) is 0 Å². The van der Waals surface area contributed by atoms with Crippen molar-refractivity contribution in [2.45, 2.75) is 26.4 Å². The lowest BCUT2D eigenvalue weighted by molar-refractivity contribution is 0.596. The molecule has 0 aliphatic heterocycles. The minimum Gasteiger partial charge on any atom is -0.352 e. The van der Waals surface area contributed by atoms with Crippen LogP contribution >= 0.6 is 0 Å². The van der Waals surface area contributed by atoms with Crippen LogP contribution in [0, 0.1) is 0 Å². The molecule has 0 aliphatic carbocycles. The Labute approximate surface area is 120 Å². The Morgan fingerprint density at radius 2 is 2.15 bits per heavy atom. The van der Waals surface area contributed by atoms with Crippen LogP contribution in [0.3, 0.4) is 0 Å². The molecule has 0 bridgehead atoms. The van der Waals surface area contributed by atoms with Crippen LogP contribution < -0.4 is 10.2 Å².